The SMILES string of the molecule is COC(=O)C1=CO[C@H](CO)[C@@H](O)C1. The van der Waals surface area contributed by atoms with Crippen molar-refractivity contribution in [3.05, 3.63) is 11.8 Å². The van der Waals surface area contributed by atoms with Gasteiger partial charge in [-0.2, -0.15) is 0 Å². The van der Waals surface area contributed by atoms with Gasteiger partial charge in [0.15, 0.2) is 0 Å². The molecule has 0 fully saturated rings. The van der Waals surface area contributed by atoms with Gasteiger partial charge in [0.25, 0.3) is 0 Å². The fraction of sp³-hybridized carbons (Fsp3) is 0.625. The Morgan fingerprint density at radius 3 is 3.00 bits per heavy atom. The van der Waals surface area contributed by atoms with E-state index in [9.17, 15) is 9.90 Å². The van der Waals surface area contributed by atoms with E-state index in [1.165, 1.54) is 13.4 Å². The maximum Gasteiger partial charge on any atom is 0.336 e. The second-order valence-corrected chi connectivity index (χ2v) is 2.76. The lowest BCUT2D eigenvalue weighted by molar-refractivity contribution is -0.138. The highest BCUT2D eigenvalue weighted by Crippen LogP contribution is 2.18. The first-order valence-electron chi connectivity index (χ1n) is 3.90. The molecular weight excluding hydrogens is 176 g/mol. The van der Waals surface area contributed by atoms with Gasteiger partial charge in [-0.15, -0.1) is 0 Å². The second kappa shape index (κ2) is 4.25. The molecule has 0 saturated heterocycles. The summed E-state index contributed by atoms with van der Waals surface area (Å²) < 4.78 is 9.36. The topological polar surface area (TPSA) is 76.0 Å². The molecule has 1 heterocycles. The number of rotatable bonds is 2. The molecular formula is C8H12O5. The van der Waals surface area contributed by atoms with Crippen LogP contribution in [0.3, 0.4) is 0 Å². The van der Waals surface area contributed by atoms with Crippen molar-refractivity contribution in [2.24, 2.45) is 0 Å². The third-order valence-electron chi connectivity index (χ3n) is 1.87. The lowest BCUT2D eigenvalue weighted by atomic mass is 10.0. The highest BCUT2D eigenvalue weighted by atomic mass is 16.5. The molecule has 0 aliphatic carbocycles. The maximum atomic E-state index is 11.0. The van der Waals surface area contributed by atoms with Gasteiger partial charge >= 0.3 is 5.97 Å². The summed E-state index contributed by atoms with van der Waals surface area (Å²) in [5.74, 6) is -0.518. The molecule has 0 unspecified atom stereocenters. The molecule has 0 radical (unpaired) electrons. The number of methoxy groups -OCH3 is 1. The molecule has 1 aliphatic heterocycles. The zero-order chi connectivity index (χ0) is 9.84. The lowest BCUT2D eigenvalue weighted by Crippen LogP contribution is -2.35. The Labute approximate surface area is 75.6 Å². The van der Waals surface area contributed by atoms with Crippen LogP contribution in [0.15, 0.2) is 11.8 Å². The van der Waals surface area contributed by atoms with Gasteiger partial charge in [0, 0.05) is 6.42 Å². The minimum atomic E-state index is -0.857. The molecule has 5 nitrogen and oxygen atoms in total. The normalized spacial score (nSPS) is 27.5. The van der Waals surface area contributed by atoms with Crippen molar-refractivity contribution in [2.45, 2.75) is 18.6 Å². The van der Waals surface area contributed by atoms with Crippen LogP contribution in [0.1, 0.15) is 6.42 Å². The predicted molar refractivity (Wildman–Crippen MR) is 42.7 cm³/mol. The number of ether oxygens (including phenoxy) is 2. The largest absolute Gasteiger partial charge is 0.492 e. The number of carbonyl (C=O) groups excluding carboxylic acids is 1. The molecule has 0 spiro atoms. The zero-order valence-corrected chi connectivity index (χ0v) is 7.27. The third kappa shape index (κ3) is 2.19. The summed E-state index contributed by atoms with van der Waals surface area (Å²) in [6, 6.07) is 0. The van der Waals surface area contributed by atoms with Gasteiger partial charge < -0.3 is 19.7 Å². The van der Waals surface area contributed by atoms with Crippen molar-refractivity contribution in [3.8, 4) is 0 Å². The summed E-state index contributed by atoms with van der Waals surface area (Å²) >= 11 is 0. The summed E-state index contributed by atoms with van der Waals surface area (Å²) in [6.07, 6.45) is -0.130. The number of aliphatic hydroxyl groups is 2. The quantitative estimate of drug-likeness (QED) is 0.554. The van der Waals surface area contributed by atoms with E-state index in [2.05, 4.69) is 4.74 Å². The van der Waals surface area contributed by atoms with E-state index in [1.54, 1.807) is 0 Å². The van der Waals surface area contributed by atoms with Crippen molar-refractivity contribution in [2.75, 3.05) is 13.7 Å². The molecule has 5 heteroatoms. The Hall–Kier alpha value is -1.07. The Morgan fingerprint density at radius 2 is 2.54 bits per heavy atom. The molecule has 0 aromatic rings. The first kappa shape index (κ1) is 10.0. The van der Waals surface area contributed by atoms with Crippen LogP contribution in [0.4, 0.5) is 0 Å². The Bertz CT molecular complexity index is 223. The molecule has 0 amide bonds. The van der Waals surface area contributed by atoms with Crippen molar-refractivity contribution in [1.82, 2.24) is 0 Å². The average molecular weight is 188 g/mol. The van der Waals surface area contributed by atoms with Gasteiger partial charge in [0.2, 0.25) is 0 Å². The highest BCUT2D eigenvalue weighted by Gasteiger charge is 2.28. The van der Waals surface area contributed by atoms with Crippen molar-refractivity contribution in [3.63, 3.8) is 0 Å². The minimum Gasteiger partial charge on any atom is -0.492 e. The summed E-state index contributed by atoms with van der Waals surface area (Å²) in [4.78, 5) is 11.0. The fourth-order valence-electron chi connectivity index (χ4n) is 1.09. The Balaban J connectivity index is 2.62. The number of esters is 1. The monoisotopic (exact) mass is 188 g/mol. The van der Waals surface area contributed by atoms with E-state index in [0.29, 0.717) is 0 Å². The standard InChI is InChI=1S/C8H12O5/c1-12-8(11)5-2-6(10)7(3-9)13-4-5/h4,6-7,9-10H,2-3H2,1H3/t6-,7+/m0/s1. The Morgan fingerprint density at radius 1 is 1.85 bits per heavy atom. The van der Waals surface area contributed by atoms with E-state index >= 15 is 0 Å². The van der Waals surface area contributed by atoms with Crippen molar-refractivity contribution < 1.29 is 24.5 Å². The van der Waals surface area contributed by atoms with E-state index < -0.39 is 18.2 Å². The van der Waals surface area contributed by atoms with E-state index in [4.69, 9.17) is 9.84 Å². The van der Waals surface area contributed by atoms with Crippen LogP contribution >= 0.6 is 0 Å². The van der Waals surface area contributed by atoms with E-state index in [-0.39, 0.29) is 18.6 Å². The number of hydrogen-bond acceptors (Lipinski definition) is 5. The lowest BCUT2D eigenvalue weighted by Gasteiger charge is -2.25. The van der Waals surface area contributed by atoms with Gasteiger partial charge in [0.05, 0.1) is 31.7 Å². The minimum absolute atomic E-state index is 0.151. The summed E-state index contributed by atoms with van der Waals surface area (Å²) in [5.41, 5.74) is 0.278. The molecule has 74 valence electrons. The summed E-state index contributed by atoms with van der Waals surface area (Å²) in [5, 5.41) is 18.1. The molecule has 0 saturated carbocycles. The van der Waals surface area contributed by atoms with Gasteiger partial charge in [0.1, 0.15) is 6.10 Å². The highest BCUT2D eigenvalue weighted by molar-refractivity contribution is 5.88. The number of aliphatic hydroxyl groups excluding tert-OH is 2. The van der Waals surface area contributed by atoms with Crippen molar-refractivity contribution in [1.29, 1.82) is 0 Å². The molecule has 1 rings (SSSR count). The summed E-state index contributed by atoms with van der Waals surface area (Å²) in [7, 11) is 1.26. The van der Waals surface area contributed by atoms with Gasteiger partial charge in [-0.05, 0) is 0 Å². The maximum absolute atomic E-state index is 11.0. The van der Waals surface area contributed by atoms with Crippen LogP contribution in [0.25, 0.3) is 0 Å². The van der Waals surface area contributed by atoms with Crippen molar-refractivity contribution >= 4 is 5.97 Å². The molecule has 2 N–H and O–H groups in total. The molecule has 13 heavy (non-hydrogen) atoms. The number of carbonyl (C=O) groups is 1. The van der Waals surface area contributed by atoms with Gasteiger partial charge in [-0.1, -0.05) is 0 Å². The molecule has 0 aromatic carbocycles. The third-order valence-corrected chi connectivity index (χ3v) is 1.87. The van der Waals surface area contributed by atoms with Crippen LogP contribution in [0.2, 0.25) is 0 Å². The first-order chi connectivity index (χ1) is 6.19. The molecule has 0 bridgehead atoms. The number of hydrogen-bond donors (Lipinski definition) is 2. The smallest absolute Gasteiger partial charge is 0.336 e. The summed E-state index contributed by atoms with van der Waals surface area (Å²) in [6.45, 7) is -0.272. The van der Waals surface area contributed by atoms with E-state index in [0.717, 1.165) is 0 Å². The second-order valence-electron chi connectivity index (χ2n) is 2.76. The van der Waals surface area contributed by atoms with Crippen LogP contribution in [-0.4, -0.2) is 42.1 Å². The van der Waals surface area contributed by atoms with Crippen LogP contribution in [-0.2, 0) is 14.3 Å². The molecule has 1 aliphatic rings. The van der Waals surface area contributed by atoms with Crippen LogP contribution in [0.5, 0.6) is 0 Å². The van der Waals surface area contributed by atoms with Gasteiger partial charge in [-0.3, -0.25) is 0 Å². The van der Waals surface area contributed by atoms with E-state index in [1.807, 2.05) is 0 Å². The fourth-order valence-corrected chi connectivity index (χ4v) is 1.09. The predicted octanol–water partition coefficient (Wildman–Crippen LogP) is -0.815. The zero-order valence-electron chi connectivity index (χ0n) is 7.27. The van der Waals surface area contributed by atoms with Gasteiger partial charge in [-0.25, -0.2) is 4.79 Å². The Kier molecular flexibility index (Phi) is 3.27. The van der Waals surface area contributed by atoms with Crippen LogP contribution in [0, 0.1) is 0 Å². The molecule has 0 aromatic heterocycles. The van der Waals surface area contributed by atoms with Crippen LogP contribution < -0.4 is 0 Å². The average Bonchev–Trinajstić information content (AvgIpc) is 2.16. The first-order valence-corrected chi connectivity index (χ1v) is 3.90. The molecule has 2 atom stereocenters.